The highest BCUT2D eigenvalue weighted by atomic mass is 35.5. The van der Waals surface area contributed by atoms with Gasteiger partial charge in [-0.3, -0.25) is 14.9 Å². The van der Waals surface area contributed by atoms with Crippen LogP contribution in [0.15, 0.2) is 24.3 Å². The van der Waals surface area contributed by atoms with Crippen molar-refractivity contribution in [2.45, 2.75) is 6.92 Å². The summed E-state index contributed by atoms with van der Waals surface area (Å²) in [6.45, 7) is 1.61. The van der Waals surface area contributed by atoms with Crippen molar-refractivity contribution in [2.75, 3.05) is 0 Å². The maximum absolute atomic E-state index is 10.9. The Morgan fingerprint density at radius 3 is 2.67 bits per heavy atom. The summed E-state index contributed by atoms with van der Waals surface area (Å²) in [7, 11) is 0. The summed E-state index contributed by atoms with van der Waals surface area (Å²) in [5.41, 5.74) is 0.756. The van der Waals surface area contributed by atoms with E-state index in [1.807, 2.05) is 0 Å². The SMILES string of the molecule is Cc1nn(-c2ccccc2[N+](=O)[O-])c(Cl)c1C=O. The van der Waals surface area contributed by atoms with Crippen LogP contribution >= 0.6 is 11.6 Å². The van der Waals surface area contributed by atoms with Crippen molar-refractivity contribution in [3.63, 3.8) is 0 Å². The fraction of sp³-hybridized carbons (Fsp3) is 0.0909. The molecule has 0 bridgehead atoms. The molecular weight excluding hydrogens is 258 g/mol. The maximum Gasteiger partial charge on any atom is 0.294 e. The smallest absolute Gasteiger partial charge is 0.294 e. The van der Waals surface area contributed by atoms with Gasteiger partial charge in [-0.2, -0.15) is 5.10 Å². The molecule has 2 rings (SSSR count). The van der Waals surface area contributed by atoms with E-state index in [-0.39, 0.29) is 22.1 Å². The largest absolute Gasteiger partial charge is 0.298 e. The molecule has 0 amide bonds. The lowest BCUT2D eigenvalue weighted by Crippen LogP contribution is -2.01. The number of rotatable bonds is 3. The van der Waals surface area contributed by atoms with Crippen molar-refractivity contribution in [1.29, 1.82) is 0 Å². The van der Waals surface area contributed by atoms with E-state index in [4.69, 9.17) is 11.6 Å². The van der Waals surface area contributed by atoms with E-state index in [0.29, 0.717) is 12.0 Å². The Bertz CT molecular complexity index is 636. The van der Waals surface area contributed by atoms with Crippen LogP contribution in [0.25, 0.3) is 5.69 Å². The first-order valence-corrected chi connectivity index (χ1v) is 5.38. The van der Waals surface area contributed by atoms with Crippen molar-refractivity contribution in [1.82, 2.24) is 9.78 Å². The number of carbonyl (C=O) groups is 1. The first-order chi connectivity index (χ1) is 8.56. The van der Waals surface area contributed by atoms with Crippen molar-refractivity contribution in [3.05, 3.63) is 50.8 Å². The second-order valence-corrected chi connectivity index (χ2v) is 3.92. The number of benzene rings is 1. The standard InChI is InChI=1S/C11H8ClN3O3/c1-7-8(6-16)11(12)14(13-7)9-4-2-3-5-10(9)15(17)18/h2-6H,1H3. The number of hydrogen-bond acceptors (Lipinski definition) is 4. The number of aromatic nitrogens is 2. The molecule has 1 heterocycles. The minimum atomic E-state index is -0.525. The Kier molecular flexibility index (Phi) is 3.12. The highest BCUT2D eigenvalue weighted by Gasteiger charge is 2.20. The van der Waals surface area contributed by atoms with Gasteiger partial charge in [-0.25, -0.2) is 4.68 Å². The van der Waals surface area contributed by atoms with Gasteiger partial charge >= 0.3 is 0 Å². The van der Waals surface area contributed by atoms with Gasteiger partial charge in [0.15, 0.2) is 6.29 Å². The van der Waals surface area contributed by atoms with E-state index in [2.05, 4.69) is 5.10 Å². The highest BCUT2D eigenvalue weighted by molar-refractivity contribution is 6.32. The number of halogens is 1. The second kappa shape index (κ2) is 4.58. The summed E-state index contributed by atoms with van der Waals surface area (Å²) in [6.07, 6.45) is 0.579. The summed E-state index contributed by atoms with van der Waals surface area (Å²) in [5, 5.41) is 15.0. The predicted molar refractivity (Wildman–Crippen MR) is 65.4 cm³/mol. The number of aryl methyl sites for hydroxylation is 1. The maximum atomic E-state index is 10.9. The fourth-order valence-electron chi connectivity index (χ4n) is 1.60. The van der Waals surface area contributed by atoms with Crippen molar-refractivity contribution in [2.24, 2.45) is 0 Å². The van der Waals surface area contributed by atoms with E-state index in [0.717, 1.165) is 0 Å². The number of hydrogen-bond donors (Lipinski definition) is 0. The van der Waals surface area contributed by atoms with Crippen molar-refractivity contribution in [3.8, 4) is 5.69 Å². The molecule has 7 heteroatoms. The first kappa shape index (κ1) is 12.3. The Balaban J connectivity index is 2.70. The van der Waals surface area contributed by atoms with Gasteiger partial charge in [0.05, 0.1) is 16.2 Å². The fourth-order valence-corrected chi connectivity index (χ4v) is 1.91. The summed E-state index contributed by atoms with van der Waals surface area (Å²) in [5.74, 6) is 0. The van der Waals surface area contributed by atoms with Crippen LogP contribution in [-0.2, 0) is 0 Å². The molecule has 0 atom stereocenters. The summed E-state index contributed by atoms with van der Waals surface area (Å²) in [4.78, 5) is 21.2. The molecule has 0 radical (unpaired) electrons. The molecule has 0 unspecified atom stereocenters. The molecule has 1 aromatic carbocycles. The third-order valence-corrected chi connectivity index (χ3v) is 2.84. The molecule has 0 spiro atoms. The van der Waals surface area contributed by atoms with Crippen molar-refractivity contribution >= 4 is 23.6 Å². The normalized spacial score (nSPS) is 10.3. The van der Waals surface area contributed by atoms with Gasteiger partial charge in [-0.1, -0.05) is 23.7 Å². The van der Waals surface area contributed by atoms with Crippen LogP contribution in [0.4, 0.5) is 5.69 Å². The molecule has 0 N–H and O–H groups in total. The van der Waals surface area contributed by atoms with Gasteiger partial charge in [-0.15, -0.1) is 0 Å². The third-order valence-electron chi connectivity index (χ3n) is 2.47. The molecular formula is C11H8ClN3O3. The quantitative estimate of drug-likeness (QED) is 0.485. The minimum absolute atomic E-state index is 0.0665. The number of nitro benzene ring substituents is 1. The van der Waals surface area contributed by atoms with Crippen molar-refractivity contribution < 1.29 is 9.72 Å². The minimum Gasteiger partial charge on any atom is -0.298 e. The summed E-state index contributed by atoms with van der Waals surface area (Å²) >= 11 is 5.99. The molecule has 0 aliphatic heterocycles. The van der Waals surface area contributed by atoms with Crippen LogP contribution in [0.2, 0.25) is 5.15 Å². The Labute approximate surface area is 107 Å². The average molecular weight is 266 g/mol. The van der Waals surface area contributed by atoms with E-state index in [1.165, 1.54) is 16.8 Å². The number of aldehydes is 1. The molecule has 2 aromatic rings. The molecule has 0 saturated heterocycles. The lowest BCUT2D eigenvalue weighted by Gasteiger charge is -2.03. The predicted octanol–water partition coefficient (Wildman–Crippen LogP) is 2.55. The van der Waals surface area contributed by atoms with Crippen LogP contribution in [-0.4, -0.2) is 21.0 Å². The number of nitro groups is 1. The molecule has 0 fully saturated rings. The molecule has 6 nitrogen and oxygen atoms in total. The van der Waals surface area contributed by atoms with Crippen LogP contribution in [0.3, 0.4) is 0 Å². The average Bonchev–Trinajstić information content (AvgIpc) is 2.64. The third kappa shape index (κ3) is 1.86. The Hall–Kier alpha value is -2.21. The number of nitrogens with zero attached hydrogens (tertiary/aromatic N) is 3. The topological polar surface area (TPSA) is 78.0 Å². The molecule has 0 saturated carbocycles. The second-order valence-electron chi connectivity index (χ2n) is 3.57. The van der Waals surface area contributed by atoms with E-state index in [9.17, 15) is 14.9 Å². The van der Waals surface area contributed by atoms with Crippen LogP contribution in [0, 0.1) is 17.0 Å². The Morgan fingerprint density at radius 2 is 2.11 bits per heavy atom. The molecule has 92 valence electrons. The van der Waals surface area contributed by atoms with Crippen LogP contribution in [0.1, 0.15) is 16.1 Å². The van der Waals surface area contributed by atoms with Gasteiger partial charge in [0.1, 0.15) is 10.8 Å². The van der Waals surface area contributed by atoms with Gasteiger partial charge in [0.25, 0.3) is 5.69 Å². The van der Waals surface area contributed by atoms with Gasteiger partial charge in [0, 0.05) is 6.07 Å². The molecule has 0 aliphatic carbocycles. The monoisotopic (exact) mass is 265 g/mol. The first-order valence-electron chi connectivity index (χ1n) is 5.00. The number of carbonyl (C=O) groups excluding carboxylic acids is 1. The van der Waals surface area contributed by atoms with E-state index >= 15 is 0 Å². The molecule has 1 aromatic heterocycles. The van der Waals surface area contributed by atoms with E-state index < -0.39 is 4.92 Å². The zero-order valence-electron chi connectivity index (χ0n) is 9.33. The zero-order valence-corrected chi connectivity index (χ0v) is 10.1. The summed E-state index contributed by atoms with van der Waals surface area (Å²) < 4.78 is 1.19. The Morgan fingerprint density at radius 1 is 1.44 bits per heavy atom. The lowest BCUT2D eigenvalue weighted by molar-refractivity contribution is -0.384. The molecule has 18 heavy (non-hydrogen) atoms. The lowest BCUT2D eigenvalue weighted by atomic mass is 10.2. The highest BCUT2D eigenvalue weighted by Crippen LogP contribution is 2.27. The summed E-state index contributed by atoms with van der Waals surface area (Å²) in [6, 6.07) is 6.05. The number of para-hydroxylation sites is 2. The van der Waals surface area contributed by atoms with E-state index in [1.54, 1.807) is 19.1 Å². The van der Waals surface area contributed by atoms with Crippen LogP contribution in [0.5, 0.6) is 0 Å². The van der Waals surface area contributed by atoms with Crippen LogP contribution < -0.4 is 0 Å². The van der Waals surface area contributed by atoms with Gasteiger partial charge in [0.2, 0.25) is 0 Å². The van der Waals surface area contributed by atoms with Gasteiger partial charge < -0.3 is 0 Å². The van der Waals surface area contributed by atoms with Gasteiger partial charge in [-0.05, 0) is 13.0 Å². The zero-order chi connectivity index (χ0) is 13.3. The molecule has 0 aliphatic rings.